The Morgan fingerprint density at radius 2 is 2.10 bits per heavy atom. The molecule has 0 saturated heterocycles. The molecular weight excluding hydrogens is 270 g/mol. The van der Waals surface area contributed by atoms with E-state index >= 15 is 0 Å². The van der Waals surface area contributed by atoms with Crippen molar-refractivity contribution in [3.05, 3.63) is 29.9 Å². The molecule has 0 aliphatic heterocycles. The van der Waals surface area contributed by atoms with Crippen molar-refractivity contribution >= 4 is 17.5 Å². The van der Waals surface area contributed by atoms with E-state index in [1.54, 1.807) is 13.0 Å². The molecule has 0 aliphatic rings. The predicted molar refractivity (Wildman–Crippen MR) is 78.4 cm³/mol. The van der Waals surface area contributed by atoms with E-state index in [-0.39, 0.29) is 5.91 Å². The van der Waals surface area contributed by atoms with Crippen LogP contribution in [0.15, 0.2) is 23.0 Å². The van der Waals surface area contributed by atoms with E-state index in [9.17, 15) is 4.79 Å². The van der Waals surface area contributed by atoms with Crippen LogP contribution in [-0.2, 0) is 0 Å². The second kappa shape index (κ2) is 7.37. The minimum absolute atomic E-state index is 0.206. The molecule has 2 aromatic heterocycles. The fourth-order valence-corrected chi connectivity index (χ4v) is 1.73. The van der Waals surface area contributed by atoms with Crippen molar-refractivity contribution in [3.8, 4) is 0 Å². The van der Waals surface area contributed by atoms with Gasteiger partial charge in [-0.3, -0.25) is 4.79 Å². The lowest BCUT2D eigenvalue weighted by molar-refractivity contribution is 0.0947. The summed E-state index contributed by atoms with van der Waals surface area (Å²) in [5.41, 5.74) is 0.299. The third-order valence-electron chi connectivity index (χ3n) is 2.83. The Balaban J connectivity index is 1.87. The zero-order valence-corrected chi connectivity index (χ0v) is 12.2. The van der Waals surface area contributed by atoms with Crippen molar-refractivity contribution in [1.29, 1.82) is 0 Å². The molecule has 2 aromatic rings. The lowest BCUT2D eigenvalue weighted by Crippen LogP contribution is -2.25. The topological polar surface area (TPSA) is 92.9 Å². The molecule has 0 saturated carbocycles. The molecule has 0 spiro atoms. The molecule has 7 heteroatoms. The number of nitrogens with zero attached hydrogens (tertiary/aromatic N) is 3. The molecule has 112 valence electrons. The maximum absolute atomic E-state index is 11.8. The van der Waals surface area contributed by atoms with Crippen LogP contribution in [0.5, 0.6) is 0 Å². The van der Waals surface area contributed by atoms with Crippen LogP contribution in [0.1, 0.15) is 42.4 Å². The first kappa shape index (κ1) is 15.0. The summed E-state index contributed by atoms with van der Waals surface area (Å²) in [6.45, 7) is 4.58. The van der Waals surface area contributed by atoms with Gasteiger partial charge in [0.1, 0.15) is 17.3 Å². The number of aryl methyl sites for hydroxylation is 1. The molecule has 1 amide bonds. The van der Waals surface area contributed by atoms with E-state index in [4.69, 9.17) is 4.52 Å². The smallest absolute Gasteiger partial charge is 0.271 e. The fraction of sp³-hybridized carbons (Fsp3) is 0.429. The zero-order chi connectivity index (χ0) is 15.1. The summed E-state index contributed by atoms with van der Waals surface area (Å²) in [4.78, 5) is 20.0. The van der Waals surface area contributed by atoms with Crippen molar-refractivity contribution in [2.45, 2.75) is 33.1 Å². The highest BCUT2D eigenvalue weighted by molar-refractivity contribution is 5.91. The van der Waals surface area contributed by atoms with E-state index < -0.39 is 0 Å². The normalized spacial score (nSPS) is 10.4. The van der Waals surface area contributed by atoms with Crippen molar-refractivity contribution in [2.75, 3.05) is 11.9 Å². The second-order valence-electron chi connectivity index (χ2n) is 4.70. The van der Waals surface area contributed by atoms with Crippen molar-refractivity contribution in [1.82, 2.24) is 20.4 Å². The van der Waals surface area contributed by atoms with Crippen molar-refractivity contribution in [3.63, 3.8) is 0 Å². The van der Waals surface area contributed by atoms with Crippen molar-refractivity contribution in [2.24, 2.45) is 0 Å². The Kier molecular flexibility index (Phi) is 5.25. The van der Waals surface area contributed by atoms with Crippen LogP contribution in [0.2, 0.25) is 0 Å². The number of carbonyl (C=O) groups excluding carboxylic acids is 1. The minimum atomic E-state index is -0.206. The Labute approximate surface area is 123 Å². The number of aromatic nitrogens is 3. The molecule has 21 heavy (non-hydrogen) atoms. The third-order valence-corrected chi connectivity index (χ3v) is 2.83. The molecule has 0 bridgehead atoms. The van der Waals surface area contributed by atoms with E-state index in [0.717, 1.165) is 19.3 Å². The Hall–Kier alpha value is -2.44. The van der Waals surface area contributed by atoms with Gasteiger partial charge in [0, 0.05) is 12.6 Å². The second-order valence-corrected chi connectivity index (χ2v) is 4.70. The molecule has 0 aromatic carbocycles. The Morgan fingerprint density at radius 1 is 1.24 bits per heavy atom. The van der Waals surface area contributed by atoms with Crippen LogP contribution >= 0.6 is 0 Å². The van der Waals surface area contributed by atoms with Gasteiger partial charge in [-0.05, 0) is 13.3 Å². The maximum Gasteiger partial charge on any atom is 0.271 e. The van der Waals surface area contributed by atoms with Crippen LogP contribution in [0.25, 0.3) is 0 Å². The van der Waals surface area contributed by atoms with Gasteiger partial charge < -0.3 is 15.2 Å². The Bertz CT molecular complexity index is 579. The number of carbonyl (C=O) groups is 1. The number of hydrogen-bond donors (Lipinski definition) is 2. The molecule has 0 radical (unpaired) electrons. The number of rotatable bonds is 7. The highest BCUT2D eigenvalue weighted by atomic mass is 16.5. The van der Waals surface area contributed by atoms with E-state index in [1.807, 2.05) is 0 Å². The number of nitrogens with one attached hydrogen (secondary N) is 2. The fourth-order valence-electron chi connectivity index (χ4n) is 1.73. The van der Waals surface area contributed by atoms with E-state index in [2.05, 4.69) is 32.7 Å². The first-order valence-electron chi connectivity index (χ1n) is 6.99. The molecule has 7 nitrogen and oxygen atoms in total. The molecule has 0 unspecified atom stereocenters. The minimum Gasteiger partial charge on any atom is -0.360 e. The van der Waals surface area contributed by atoms with Crippen LogP contribution in [0.3, 0.4) is 0 Å². The van der Waals surface area contributed by atoms with Gasteiger partial charge >= 0.3 is 0 Å². The zero-order valence-electron chi connectivity index (χ0n) is 12.2. The first-order valence-corrected chi connectivity index (χ1v) is 6.99. The number of anilines is 2. The van der Waals surface area contributed by atoms with E-state index in [1.165, 1.54) is 12.4 Å². The summed E-state index contributed by atoms with van der Waals surface area (Å²) in [5.74, 6) is 1.56. The summed E-state index contributed by atoms with van der Waals surface area (Å²) < 4.78 is 4.94. The SMILES string of the molecule is CCCCCNC(=O)c1cnc(Nc2cc(C)on2)cn1. The largest absolute Gasteiger partial charge is 0.360 e. The van der Waals surface area contributed by atoms with Gasteiger partial charge in [0.2, 0.25) is 0 Å². The summed E-state index contributed by atoms with van der Waals surface area (Å²) in [7, 11) is 0. The summed E-state index contributed by atoms with van der Waals surface area (Å²) in [6, 6.07) is 1.75. The van der Waals surface area contributed by atoms with Gasteiger partial charge in [-0.25, -0.2) is 9.97 Å². The van der Waals surface area contributed by atoms with Gasteiger partial charge in [-0.2, -0.15) is 0 Å². The highest BCUT2D eigenvalue weighted by Gasteiger charge is 2.08. The summed E-state index contributed by atoms with van der Waals surface area (Å²) in [5, 5.41) is 9.55. The molecule has 0 atom stereocenters. The summed E-state index contributed by atoms with van der Waals surface area (Å²) >= 11 is 0. The monoisotopic (exact) mass is 289 g/mol. The number of amides is 1. The summed E-state index contributed by atoms with van der Waals surface area (Å²) in [6.07, 6.45) is 6.12. The number of unbranched alkanes of at least 4 members (excludes halogenated alkanes) is 2. The lowest BCUT2D eigenvalue weighted by Gasteiger charge is -2.05. The quantitative estimate of drug-likeness (QED) is 0.760. The average molecular weight is 289 g/mol. The van der Waals surface area contributed by atoms with Crippen LogP contribution in [0.4, 0.5) is 11.6 Å². The van der Waals surface area contributed by atoms with Crippen LogP contribution in [-0.4, -0.2) is 27.6 Å². The first-order chi connectivity index (χ1) is 10.2. The average Bonchev–Trinajstić information content (AvgIpc) is 2.89. The third kappa shape index (κ3) is 4.55. The standard InChI is InChI=1S/C14H19N5O2/c1-3-4-5-6-15-14(20)11-8-17-13(9-16-11)18-12-7-10(2)21-19-12/h7-9H,3-6H2,1-2H3,(H,15,20)(H,17,18,19). The predicted octanol–water partition coefficient (Wildman–Crippen LogP) is 2.44. The van der Waals surface area contributed by atoms with E-state index in [0.29, 0.717) is 29.6 Å². The molecule has 2 heterocycles. The van der Waals surface area contributed by atoms with Gasteiger partial charge in [0.05, 0.1) is 12.4 Å². The van der Waals surface area contributed by atoms with Crippen LogP contribution in [0, 0.1) is 6.92 Å². The van der Waals surface area contributed by atoms with Gasteiger partial charge in [0.25, 0.3) is 5.91 Å². The van der Waals surface area contributed by atoms with Gasteiger partial charge in [-0.15, -0.1) is 0 Å². The molecule has 0 aliphatic carbocycles. The Morgan fingerprint density at radius 3 is 2.71 bits per heavy atom. The molecule has 2 N–H and O–H groups in total. The van der Waals surface area contributed by atoms with Gasteiger partial charge in [0.15, 0.2) is 5.82 Å². The van der Waals surface area contributed by atoms with Crippen molar-refractivity contribution < 1.29 is 9.32 Å². The molecule has 0 fully saturated rings. The lowest BCUT2D eigenvalue weighted by atomic mass is 10.2. The van der Waals surface area contributed by atoms with Gasteiger partial charge in [-0.1, -0.05) is 24.9 Å². The molecular formula is C14H19N5O2. The maximum atomic E-state index is 11.8. The molecule has 2 rings (SSSR count). The van der Waals surface area contributed by atoms with Crippen LogP contribution < -0.4 is 10.6 Å². The number of hydrogen-bond acceptors (Lipinski definition) is 6. The highest BCUT2D eigenvalue weighted by Crippen LogP contribution is 2.12.